The van der Waals surface area contributed by atoms with Gasteiger partial charge in [-0.2, -0.15) is 0 Å². The Hall–Kier alpha value is -1.77. The highest BCUT2D eigenvalue weighted by molar-refractivity contribution is 5.82. The van der Waals surface area contributed by atoms with E-state index >= 15 is 0 Å². The predicted octanol–water partition coefficient (Wildman–Crippen LogP) is 2.73. The summed E-state index contributed by atoms with van der Waals surface area (Å²) in [5.41, 5.74) is 6.73. The lowest BCUT2D eigenvalue weighted by Gasteiger charge is -2.28. The third-order valence-corrected chi connectivity index (χ3v) is 3.41. The molecule has 0 unspecified atom stereocenters. The lowest BCUT2D eigenvalue weighted by atomic mass is 10.00. The fourth-order valence-electron chi connectivity index (χ4n) is 2.04. The molecule has 0 radical (unpaired) electrons. The van der Waals surface area contributed by atoms with Gasteiger partial charge in [0.2, 0.25) is 0 Å². The molecule has 0 saturated carbocycles. The van der Waals surface area contributed by atoms with Gasteiger partial charge in [0, 0.05) is 10.9 Å². The number of fused-ring (bicyclic) bond motifs is 1. The van der Waals surface area contributed by atoms with Crippen LogP contribution >= 0.6 is 0 Å². The number of para-hydroxylation sites is 1. The predicted molar refractivity (Wildman–Crippen MR) is 72.2 cm³/mol. The molecule has 0 fully saturated rings. The topological polar surface area (TPSA) is 48.0 Å². The minimum Gasteiger partial charge on any atom is -0.394 e. The number of anilines is 1. The molecule has 3 heteroatoms. The fraction of sp³-hybridized carbons (Fsp3) is 0.357. The summed E-state index contributed by atoms with van der Waals surface area (Å²) in [6.45, 7) is 6.19. The fourth-order valence-corrected chi connectivity index (χ4v) is 2.04. The molecular formula is C14H18N2O. The van der Waals surface area contributed by atoms with E-state index in [9.17, 15) is 4.79 Å². The van der Waals surface area contributed by atoms with E-state index in [0.29, 0.717) is 5.69 Å². The van der Waals surface area contributed by atoms with Crippen molar-refractivity contribution in [3.63, 3.8) is 0 Å². The molecule has 0 aliphatic rings. The van der Waals surface area contributed by atoms with Crippen molar-refractivity contribution >= 4 is 16.6 Å². The van der Waals surface area contributed by atoms with Gasteiger partial charge in [-0.1, -0.05) is 25.1 Å². The van der Waals surface area contributed by atoms with Crippen molar-refractivity contribution in [2.45, 2.75) is 32.7 Å². The SMILES string of the molecule is CCC(C)(C)n1c(=O)c(N)cc2ccccc21. The summed E-state index contributed by atoms with van der Waals surface area (Å²) in [7, 11) is 0. The monoisotopic (exact) mass is 230 g/mol. The Labute approximate surface area is 101 Å². The van der Waals surface area contributed by atoms with Gasteiger partial charge in [0.15, 0.2) is 0 Å². The first-order valence-corrected chi connectivity index (χ1v) is 5.88. The van der Waals surface area contributed by atoms with Gasteiger partial charge in [-0.25, -0.2) is 0 Å². The lowest BCUT2D eigenvalue weighted by Crippen LogP contribution is -2.37. The van der Waals surface area contributed by atoms with Crippen molar-refractivity contribution in [1.29, 1.82) is 0 Å². The van der Waals surface area contributed by atoms with Crippen molar-refractivity contribution in [1.82, 2.24) is 4.57 Å². The number of benzene rings is 1. The number of hydrogen-bond donors (Lipinski definition) is 1. The highest BCUT2D eigenvalue weighted by Gasteiger charge is 2.22. The molecule has 0 saturated heterocycles. The van der Waals surface area contributed by atoms with E-state index < -0.39 is 0 Å². The zero-order chi connectivity index (χ0) is 12.6. The van der Waals surface area contributed by atoms with Crippen LogP contribution in [0.1, 0.15) is 27.2 Å². The van der Waals surface area contributed by atoms with Crippen molar-refractivity contribution < 1.29 is 0 Å². The van der Waals surface area contributed by atoms with E-state index in [4.69, 9.17) is 5.73 Å². The van der Waals surface area contributed by atoms with Crippen LogP contribution in [0.15, 0.2) is 35.1 Å². The number of pyridine rings is 1. The molecule has 0 bridgehead atoms. The molecule has 0 spiro atoms. The molecule has 2 N–H and O–H groups in total. The van der Waals surface area contributed by atoms with Gasteiger partial charge in [0.25, 0.3) is 5.56 Å². The van der Waals surface area contributed by atoms with Gasteiger partial charge in [0.1, 0.15) is 0 Å². The van der Waals surface area contributed by atoms with Gasteiger partial charge in [-0.05, 0) is 32.4 Å². The third kappa shape index (κ3) is 1.82. The molecule has 2 aromatic rings. The molecule has 1 aromatic heterocycles. The van der Waals surface area contributed by atoms with Crippen molar-refractivity contribution in [2.24, 2.45) is 0 Å². The summed E-state index contributed by atoms with van der Waals surface area (Å²) in [4.78, 5) is 12.2. The second-order valence-electron chi connectivity index (χ2n) is 4.97. The van der Waals surface area contributed by atoms with Gasteiger partial charge < -0.3 is 10.3 Å². The van der Waals surface area contributed by atoms with E-state index in [1.165, 1.54) is 0 Å². The maximum absolute atomic E-state index is 12.2. The number of nitrogen functional groups attached to an aromatic ring is 1. The van der Waals surface area contributed by atoms with Gasteiger partial charge in [-0.15, -0.1) is 0 Å². The standard InChI is InChI=1S/C14H18N2O/c1-4-14(2,3)16-12-8-6-5-7-10(12)9-11(15)13(16)17/h5-9H,4,15H2,1-3H3. The minimum atomic E-state index is -0.230. The number of aromatic nitrogens is 1. The van der Waals surface area contributed by atoms with Crippen molar-refractivity contribution in [3.8, 4) is 0 Å². The maximum Gasteiger partial charge on any atom is 0.274 e. The Bertz CT molecular complexity index is 611. The average Bonchev–Trinajstić information content (AvgIpc) is 2.30. The second-order valence-corrected chi connectivity index (χ2v) is 4.97. The molecule has 1 aromatic carbocycles. The van der Waals surface area contributed by atoms with Crippen LogP contribution in [0.5, 0.6) is 0 Å². The number of hydrogen-bond acceptors (Lipinski definition) is 2. The lowest BCUT2D eigenvalue weighted by molar-refractivity contribution is 0.344. The minimum absolute atomic E-state index is 0.101. The summed E-state index contributed by atoms with van der Waals surface area (Å²) in [5, 5.41) is 1.01. The summed E-state index contributed by atoms with van der Waals surface area (Å²) in [6.07, 6.45) is 0.875. The smallest absolute Gasteiger partial charge is 0.274 e. The summed E-state index contributed by atoms with van der Waals surface area (Å²) in [5.74, 6) is 0. The Morgan fingerprint density at radius 2 is 1.94 bits per heavy atom. The molecule has 0 aliphatic heterocycles. The van der Waals surface area contributed by atoms with Crippen LogP contribution in [0.25, 0.3) is 10.9 Å². The van der Waals surface area contributed by atoms with E-state index in [0.717, 1.165) is 17.3 Å². The Morgan fingerprint density at radius 1 is 1.29 bits per heavy atom. The van der Waals surface area contributed by atoms with E-state index in [-0.39, 0.29) is 11.1 Å². The van der Waals surface area contributed by atoms with Crippen LogP contribution < -0.4 is 11.3 Å². The van der Waals surface area contributed by atoms with E-state index in [1.807, 2.05) is 24.3 Å². The second kappa shape index (κ2) is 3.91. The molecule has 17 heavy (non-hydrogen) atoms. The van der Waals surface area contributed by atoms with Crippen LogP contribution in [0.3, 0.4) is 0 Å². The van der Waals surface area contributed by atoms with Crippen LogP contribution in [0, 0.1) is 0 Å². The van der Waals surface area contributed by atoms with Crippen LogP contribution in [-0.4, -0.2) is 4.57 Å². The zero-order valence-corrected chi connectivity index (χ0v) is 10.5. The van der Waals surface area contributed by atoms with Gasteiger partial charge in [0.05, 0.1) is 11.2 Å². The third-order valence-electron chi connectivity index (χ3n) is 3.41. The van der Waals surface area contributed by atoms with Gasteiger partial charge in [-0.3, -0.25) is 4.79 Å². The quantitative estimate of drug-likeness (QED) is 0.862. The molecule has 0 aliphatic carbocycles. The molecule has 1 heterocycles. The van der Waals surface area contributed by atoms with Crippen LogP contribution in [0.2, 0.25) is 0 Å². The Kier molecular flexibility index (Phi) is 2.69. The van der Waals surface area contributed by atoms with Crippen molar-refractivity contribution in [2.75, 3.05) is 5.73 Å². The Balaban J connectivity index is 2.94. The van der Waals surface area contributed by atoms with E-state index in [1.54, 1.807) is 10.6 Å². The number of nitrogens with two attached hydrogens (primary N) is 1. The molecule has 2 rings (SSSR count). The summed E-state index contributed by atoms with van der Waals surface area (Å²) < 4.78 is 1.80. The normalized spacial score (nSPS) is 11.9. The first-order valence-electron chi connectivity index (χ1n) is 5.88. The number of nitrogens with zero attached hydrogens (tertiary/aromatic N) is 1. The van der Waals surface area contributed by atoms with E-state index in [2.05, 4.69) is 20.8 Å². The highest BCUT2D eigenvalue weighted by Crippen LogP contribution is 2.24. The number of rotatable bonds is 2. The van der Waals surface area contributed by atoms with Crippen molar-refractivity contribution in [3.05, 3.63) is 40.7 Å². The zero-order valence-electron chi connectivity index (χ0n) is 10.5. The van der Waals surface area contributed by atoms with Crippen LogP contribution in [-0.2, 0) is 5.54 Å². The molecule has 0 amide bonds. The first-order chi connectivity index (χ1) is 7.97. The molecule has 3 nitrogen and oxygen atoms in total. The average molecular weight is 230 g/mol. The highest BCUT2D eigenvalue weighted by atomic mass is 16.1. The van der Waals surface area contributed by atoms with Gasteiger partial charge >= 0.3 is 0 Å². The first kappa shape index (κ1) is 11.7. The largest absolute Gasteiger partial charge is 0.394 e. The summed E-state index contributed by atoms with van der Waals surface area (Å²) in [6, 6.07) is 9.59. The Morgan fingerprint density at radius 3 is 2.59 bits per heavy atom. The van der Waals surface area contributed by atoms with Crippen LogP contribution in [0.4, 0.5) is 5.69 Å². The molecular weight excluding hydrogens is 212 g/mol. The maximum atomic E-state index is 12.2. The summed E-state index contributed by atoms with van der Waals surface area (Å²) >= 11 is 0. The molecule has 0 atom stereocenters. The molecule has 90 valence electrons.